The third-order valence-electron chi connectivity index (χ3n) is 3.47. The van der Waals surface area contributed by atoms with Crippen LogP contribution in [0.15, 0.2) is 42.5 Å². The first-order chi connectivity index (χ1) is 11.6. The van der Waals surface area contributed by atoms with Crippen molar-refractivity contribution in [3.05, 3.63) is 65.2 Å². The highest BCUT2D eigenvalue weighted by Crippen LogP contribution is 2.18. The topological polar surface area (TPSA) is 24.1 Å². The molecule has 128 valence electrons. The molecule has 0 radical (unpaired) electrons. The number of thioether (sulfide) groups is 1. The molecule has 0 aromatic heterocycles. The van der Waals surface area contributed by atoms with Crippen molar-refractivity contribution in [2.75, 3.05) is 17.6 Å². The van der Waals surface area contributed by atoms with Crippen molar-refractivity contribution < 1.29 is 8.78 Å². The number of halogens is 2. The van der Waals surface area contributed by atoms with Crippen molar-refractivity contribution in [1.82, 2.24) is 5.32 Å². The van der Waals surface area contributed by atoms with Gasteiger partial charge in [0.2, 0.25) is 0 Å². The van der Waals surface area contributed by atoms with Crippen molar-refractivity contribution in [1.29, 1.82) is 0 Å². The minimum absolute atomic E-state index is 0.219. The van der Waals surface area contributed by atoms with E-state index in [1.807, 2.05) is 17.8 Å². The summed E-state index contributed by atoms with van der Waals surface area (Å²) >= 11 is 6.92. The van der Waals surface area contributed by atoms with E-state index in [2.05, 4.69) is 35.8 Å². The zero-order chi connectivity index (χ0) is 17.4. The van der Waals surface area contributed by atoms with Crippen molar-refractivity contribution in [3.63, 3.8) is 0 Å². The van der Waals surface area contributed by atoms with Gasteiger partial charge in [-0.1, -0.05) is 30.3 Å². The lowest BCUT2D eigenvalue weighted by molar-refractivity contribution is 0.591. The van der Waals surface area contributed by atoms with E-state index in [-0.39, 0.29) is 10.8 Å². The van der Waals surface area contributed by atoms with Crippen LogP contribution in [0.3, 0.4) is 0 Å². The van der Waals surface area contributed by atoms with E-state index in [0.29, 0.717) is 6.54 Å². The average molecular weight is 367 g/mol. The quantitative estimate of drug-likeness (QED) is 0.539. The van der Waals surface area contributed by atoms with Crippen molar-refractivity contribution >= 4 is 34.8 Å². The second kappa shape index (κ2) is 9.59. The molecule has 2 rings (SSSR count). The number of aryl methyl sites for hydroxylation is 1. The molecule has 2 N–H and O–H groups in total. The molecule has 0 saturated heterocycles. The predicted molar refractivity (Wildman–Crippen MR) is 103 cm³/mol. The van der Waals surface area contributed by atoms with Gasteiger partial charge in [-0.15, -0.1) is 0 Å². The number of nitrogens with one attached hydrogen (secondary N) is 2. The summed E-state index contributed by atoms with van der Waals surface area (Å²) in [5.74, 6) is 0.647. The number of benzene rings is 2. The normalized spacial score (nSPS) is 10.5. The first-order valence-corrected chi connectivity index (χ1v) is 9.25. The van der Waals surface area contributed by atoms with Gasteiger partial charge in [-0.25, -0.2) is 8.78 Å². The molecular weight excluding hydrogens is 346 g/mol. The van der Waals surface area contributed by atoms with Gasteiger partial charge in [0.15, 0.2) is 5.11 Å². The summed E-state index contributed by atoms with van der Waals surface area (Å²) in [5, 5.41) is 5.76. The Balaban J connectivity index is 1.64. The second-order valence-corrected chi connectivity index (χ2v) is 6.82. The zero-order valence-corrected chi connectivity index (χ0v) is 15.1. The lowest BCUT2D eigenvalue weighted by Crippen LogP contribution is -2.30. The number of hydrogen-bond acceptors (Lipinski definition) is 2. The maximum absolute atomic E-state index is 13.5. The standard InChI is InChI=1S/C18H20F2N2S2/c1-13-6-2-3-7-14(13)12-24-11-5-10-21-18(23)22-17-15(19)8-4-9-16(17)20/h2-4,6-9H,5,10-12H2,1H3,(H2,21,22,23). The maximum Gasteiger partial charge on any atom is 0.170 e. The molecule has 2 nitrogen and oxygen atoms in total. The van der Waals surface area contributed by atoms with Crippen LogP contribution < -0.4 is 10.6 Å². The molecule has 0 atom stereocenters. The molecule has 0 spiro atoms. The Morgan fingerprint density at radius 3 is 2.50 bits per heavy atom. The third kappa shape index (κ3) is 5.76. The van der Waals surface area contributed by atoms with E-state index < -0.39 is 11.6 Å². The molecule has 0 fully saturated rings. The summed E-state index contributed by atoms with van der Waals surface area (Å²) < 4.78 is 27.0. The van der Waals surface area contributed by atoms with Crippen LogP contribution in [0.1, 0.15) is 17.5 Å². The van der Waals surface area contributed by atoms with Crippen LogP contribution in [0.5, 0.6) is 0 Å². The van der Waals surface area contributed by atoms with Crippen LogP contribution in [-0.2, 0) is 5.75 Å². The SMILES string of the molecule is Cc1ccccc1CSCCCNC(=S)Nc1c(F)cccc1F. The summed E-state index contributed by atoms with van der Waals surface area (Å²) in [6.07, 6.45) is 0.915. The van der Waals surface area contributed by atoms with Crippen LogP contribution >= 0.6 is 24.0 Å². The molecule has 0 unspecified atom stereocenters. The monoisotopic (exact) mass is 366 g/mol. The van der Waals surface area contributed by atoms with Gasteiger partial charge in [-0.05, 0) is 54.6 Å². The van der Waals surface area contributed by atoms with Gasteiger partial charge in [-0.2, -0.15) is 11.8 Å². The molecule has 0 amide bonds. The average Bonchev–Trinajstić information content (AvgIpc) is 2.56. The second-order valence-electron chi connectivity index (χ2n) is 5.31. The highest BCUT2D eigenvalue weighted by molar-refractivity contribution is 7.98. The van der Waals surface area contributed by atoms with Gasteiger partial charge in [0.1, 0.15) is 17.3 Å². The molecule has 0 aliphatic rings. The minimum atomic E-state index is -0.659. The van der Waals surface area contributed by atoms with E-state index in [0.717, 1.165) is 17.9 Å². The molecule has 0 heterocycles. The van der Waals surface area contributed by atoms with Gasteiger partial charge < -0.3 is 10.6 Å². The van der Waals surface area contributed by atoms with E-state index >= 15 is 0 Å². The fraction of sp³-hybridized carbons (Fsp3) is 0.278. The molecule has 0 saturated carbocycles. The summed E-state index contributed by atoms with van der Waals surface area (Å²) in [4.78, 5) is 0. The Labute approximate surface area is 151 Å². The maximum atomic E-state index is 13.5. The van der Waals surface area contributed by atoms with E-state index in [1.165, 1.54) is 29.3 Å². The van der Waals surface area contributed by atoms with Crippen molar-refractivity contribution in [2.24, 2.45) is 0 Å². The van der Waals surface area contributed by atoms with E-state index in [9.17, 15) is 8.78 Å². The first-order valence-electron chi connectivity index (χ1n) is 7.69. The molecule has 6 heteroatoms. The number of thiocarbonyl (C=S) groups is 1. The Hall–Kier alpha value is -1.66. The number of hydrogen-bond donors (Lipinski definition) is 2. The molecule has 0 bridgehead atoms. The largest absolute Gasteiger partial charge is 0.362 e. The zero-order valence-electron chi connectivity index (χ0n) is 13.4. The number of para-hydroxylation sites is 1. The fourth-order valence-electron chi connectivity index (χ4n) is 2.11. The van der Waals surface area contributed by atoms with Gasteiger partial charge in [-0.3, -0.25) is 0 Å². The molecular formula is C18H20F2N2S2. The molecule has 24 heavy (non-hydrogen) atoms. The number of rotatable bonds is 7. The smallest absolute Gasteiger partial charge is 0.170 e. The Bertz CT molecular complexity index is 672. The summed E-state index contributed by atoms with van der Waals surface area (Å²) in [5.41, 5.74) is 2.44. The highest BCUT2D eigenvalue weighted by atomic mass is 32.2. The van der Waals surface area contributed by atoms with Crippen LogP contribution in [0.4, 0.5) is 14.5 Å². The van der Waals surface area contributed by atoms with Gasteiger partial charge in [0.05, 0.1) is 0 Å². The first kappa shape index (κ1) is 18.7. The van der Waals surface area contributed by atoms with Gasteiger partial charge in [0.25, 0.3) is 0 Å². The Kier molecular flexibility index (Phi) is 7.46. The van der Waals surface area contributed by atoms with Crippen molar-refractivity contribution in [3.8, 4) is 0 Å². The molecule has 2 aromatic rings. The Morgan fingerprint density at radius 2 is 1.79 bits per heavy atom. The van der Waals surface area contributed by atoms with Gasteiger partial charge in [0, 0.05) is 12.3 Å². The van der Waals surface area contributed by atoms with Crippen LogP contribution in [-0.4, -0.2) is 17.4 Å². The summed E-state index contributed by atoms with van der Waals surface area (Å²) in [7, 11) is 0. The van der Waals surface area contributed by atoms with Crippen LogP contribution in [0.2, 0.25) is 0 Å². The molecule has 0 aliphatic carbocycles. The van der Waals surface area contributed by atoms with E-state index in [4.69, 9.17) is 12.2 Å². The lowest BCUT2D eigenvalue weighted by atomic mass is 10.1. The molecule has 0 aliphatic heterocycles. The third-order valence-corrected chi connectivity index (χ3v) is 4.81. The fourth-order valence-corrected chi connectivity index (χ4v) is 3.35. The summed E-state index contributed by atoms with van der Waals surface area (Å²) in [6, 6.07) is 12.0. The Morgan fingerprint density at radius 1 is 1.08 bits per heavy atom. The van der Waals surface area contributed by atoms with Gasteiger partial charge >= 0.3 is 0 Å². The number of anilines is 1. The minimum Gasteiger partial charge on any atom is -0.362 e. The lowest BCUT2D eigenvalue weighted by Gasteiger charge is -2.11. The predicted octanol–water partition coefficient (Wildman–Crippen LogP) is 4.88. The van der Waals surface area contributed by atoms with Crippen LogP contribution in [0, 0.1) is 18.6 Å². The van der Waals surface area contributed by atoms with Crippen LogP contribution in [0.25, 0.3) is 0 Å². The highest BCUT2D eigenvalue weighted by Gasteiger charge is 2.09. The van der Waals surface area contributed by atoms with Crippen molar-refractivity contribution in [2.45, 2.75) is 19.1 Å². The summed E-state index contributed by atoms with van der Waals surface area (Å²) in [6.45, 7) is 2.77. The van der Waals surface area contributed by atoms with E-state index in [1.54, 1.807) is 0 Å². The molecule has 2 aromatic carbocycles.